The Morgan fingerprint density at radius 1 is 1.00 bits per heavy atom. The van der Waals surface area contributed by atoms with Crippen molar-refractivity contribution in [1.29, 1.82) is 0 Å². The molecule has 2 aliphatic heterocycles. The van der Waals surface area contributed by atoms with Gasteiger partial charge in [-0.2, -0.15) is 0 Å². The van der Waals surface area contributed by atoms with Gasteiger partial charge in [0.1, 0.15) is 0 Å². The van der Waals surface area contributed by atoms with Gasteiger partial charge >= 0.3 is 0 Å². The molecule has 0 aromatic heterocycles. The number of benzene rings is 1. The second kappa shape index (κ2) is 4.82. The fraction of sp³-hybridized carbons (Fsp3) is 0.647. The van der Waals surface area contributed by atoms with E-state index in [-0.39, 0.29) is 0 Å². The van der Waals surface area contributed by atoms with E-state index < -0.39 is 0 Å². The first-order chi connectivity index (χ1) is 9.10. The summed E-state index contributed by atoms with van der Waals surface area (Å²) < 4.78 is 0. The molecule has 0 amide bonds. The van der Waals surface area contributed by atoms with Crippen LogP contribution in [0.2, 0.25) is 0 Å². The van der Waals surface area contributed by atoms with E-state index in [9.17, 15) is 0 Å². The Morgan fingerprint density at radius 3 is 2.26 bits per heavy atom. The number of aryl methyl sites for hydroxylation is 3. The lowest BCUT2D eigenvalue weighted by atomic mass is 9.78. The van der Waals surface area contributed by atoms with Gasteiger partial charge in [0.05, 0.1) is 0 Å². The molecule has 2 fully saturated rings. The van der Waals surface area contributed by atoms with E-state index in [0.717, 1.165) is 0 Å². The molecule has 1 aromatic carbocycles. The van der Waals surface area contributed by atoms with E-state index in [0.29, 0.717) is 5.41 Å². The molecule has 0 bridgehead atoms. The Morgan fingerprint density at radius 2 is 1.63 bits per heavy atom. The van der Waals surface area contributed by atoms with Crippen LogP contribution in [-0.2, 0) is 0 Å². The Bertz CT molecular complexity index is 449. The number of piperidine rings is 1. The normalized spacial score (nSPS) is 22.2. The molecule has 1 spiro atoms. The lowest BCUT2D eigenvalue weighted by molar-refractivity contribution is 0.232. The summed E-state index contributed by atoms with van der Waals surface area (Å²) in [6.45, 7) is 11.6. The summed E-state index contributed by atoms with van der Waals surface area (Å²) >= 11 is 0. The first-order valence-electron chi connectivity index (χ1n) is 7.63. The molecule has 2 aliphatic rings. The van der Waals surface area contributed by atoms with Crippen LogP contribution in [0.3, 0.4) is 0 Å². The molecule has 0 aliphatic carbocycles. The summed E-state index contributed by atoms with van der Waals surface area (Å²) in [7, 11) is 0. The fourth-order valence-corrected chi connectivity index (χ4v) is 4.16. The van der Waals surface area contributed by atoms with Crippen LogP contribution in [0.1, 0.15) is 36.0 Å². The molecule has 0 saturated carbocycles. The summed E-state index contributed by atoms with van der Waals surface area (Å²) in [4.78, 5) is 2.65. The minimum Gasteiger partial charge on any atom is -0.371 e. The van der Waals surface area contributed by atoms with Gasteiger partial charge in [0.15, 0.2) is 0 Å². The highest BCUT2D eigenvalue weighted by molar-refractivity contribution is 5.61. The smallest absolute Gasteiger partial charge is 0.0426 e. The Hall–Kier alpha value is -1.02. The van der Waals surface area contributed by atoms with Crippen molar-refractivity contribution in [1.82, 2.24) is 5.32 Å². The van der Waals surface area contributed by atoms with Crippen LogP contribution >= 0.6 is 0 Å². The van der Waals surface area contributed by atoms with Gasteiger partial charge in [-0.25, -0.2) is 0 Å². The summed E-state index contributed by atoms with van der Waals surface area (Å²) in [5.74, 6) is 0. The van der Waals surface area contributed by atoms with Gasteiger partial charge in [0.25, 0.3) is 0 Å². The predicted molar refractivity (Wildman–Crippen MR) is 82.0 cm³/mol. The minimum absolute atomic E-state index is 0.592. The molecule has 0 atom stereocenters. The topological polar surface area (TPSA) is 15.3 Å². The third kappa shape index (κ3) is 2.38. The molecule has 104 valence electrons. The molecule has 1 N–H and O–H groups in total. The van der Waals surface area contributed by atoms with Crippen LogP contribution < -0.4 is 10.2 Å². The number of hydrogen-bond acceptors (Lipinski definition) is 2. The van der Waals surface area contributed by atoms with E-state index in [1.54, 1.807) is 0 Å². The third-order valence-corrected chi connectivity index (χ3v) is 5.05. The van der Waals surface area contributed by atoms with Crippen LogP contribution in [0.5, 0.6) is 0 Å². The van der Waals surface area contributed by atoms with Crippen LogP contribution in [0, 0.1) is 26.2 Å². The number of nitrogens with one attached hydrogen (secondary N) is 1. The maximum absolute atomic E-state index is 3.50. The largest absolute Gasteiger partial charge is 0.371 e. The van der Waals surface area contributed by atoms with Crippen molar-refractivity contribution in [3.8, 4) is 0 Å². The molecule has 0 unspecified atom stereocenters. The number of rotatable bonds is 1. The van der Waals surface area contributed by atoms with Crippen molar-refractivity contribution in [3.63, 3.8) is 0 Å². The highest BCUT2D eigenvalue weighted by Gasteiger charge is 2.39. The highest BCUT2D eigenvalue weighted by Crippen LogP contribution is 2.42. The molecule has 3 rings (SSSR count). The zero-order valence-corrected chi connectivity index (χ0v) is 12.6. The second-order valence-corrected chi connectivity index (χ2v) is 6.67. The van der Waals surface area contributed by atoms with E-state index in [1.807, 2.05) is 0 Å². The molecule has 2 nitrogen and oxygen atoms in total. The zero-order valence-electron chi connectivity index (χ0n) is 12.6. The van der Waals surface area contributed by atoms with E-state index >= 15 is 0 Å². The van der Waals surface area contributed by atoms with Gasteiger partial charge in [0.2, 0.25) is 0 Å². The Balaban J connectivity index is 1.85. The van der Waals surface area contributed by atoms with Crippen molar-refractivity contribution >= 4 is 5.69 Å². The highest BCUT2D eigenvalue weighted by atomic mass is 15.2. The fourth-order valence-electron chi connectivity index (χ4n) is 4.16. The average Bonchev–Trinajstić information content (AvgIpc) is 2.72. The van der Waals surface area contributed by atoms with E-state index in [1.165, 1.54) is 67.8 Å². The summed E-state index contributed by atoms with van der Waals surface area (Å²) in [6, 6.07) is 4.66. The molecular formula is C17H26N2. The maximum atomic E-state index is 3.50. The lowest BCUT2D eigenvalue weighted by Crippen LogP contribution is -2.38. The van der Waals surface area contributed by atoms with Gasteiger partial charge in [-0.1, -0.05) is 17.7 Å². The first-order valence-corrected chi connectivity index (χ1v) is 7.63. The number of nitrogens with zero attached hydrogens (tertiary/aromatic N) is 1. The minimum atomic E-state index is 0.592. The molecule has 2 heteroatoms. The summed E-state index contributed by atoms with van der Waals surface area (Å²) in [6.07, 6.45) is 4.09. The van der Waals surface area contributed by atoms with Crippen LogP contribution in [-0.4, -0.2) is 26.2 Å². The van der Waals surface area contributed by atoms with Crippen LogP contribution in [0.4, 0.5) is 5.69 Å². The van der Waals surface area contributed by atoms with Gasteiger partial charge in [0, 0.05) is 18.8 Å². The quantitative estimate of drug-likeness (QED) is 0.832. The molecule has 1 aromatic rings. The predicted octanol–water partition coefficient (Wildman–Crippen LogP) is 3.19. The van der Waals surface area contributed by atoms with Gasteiger partial charge < -0.3 is 10.2 Å². The lowest BCUT2D eigenvalue weighted by Gasteiger charge is -2.34. The van der Waals surface area contributed by atoms with Gasteiger partial charge in [-0.3, -0.25) is 0 Å². The summed E-state index contributed by atoms with van der Waals surface area (Å²) in [5, 5.41) is 3.50. The monoisotopic (exact) mass is 258 g/mol. The van der Waals surface area contributed by atoms with Crippen molar-refractivity contribution in [3.05, 3.63) is 28.8 Å². The second-order valence-electron chi connectivity index (χ2n) is 6.67. The first kappa shape index (κ1) is 13.0. The number of hydrogen-bond donors (Lipinski definition) is 1. The van der Waals surface area contributed by atoms with Crippen molar-refractivity contribution in [2.75, 3.05) is 31.1 Å². The van der Waals surface area contributed by atoms with Crippen LogP contribution in [0.15, 0.2) is 12.1 Å². The molecular weight excluding hydrogens is 232 g/mol. The Labute approximate surface area is 117 Å². The SMILES string of the molecule is Cc1cc(C)c(N2CCC3(CCNCC3)C2)c(C)c1. The average molecular weight is 258 g/mol. The van der Waals surface area contributed by atoms with Crippen molar-refractivity contribution < 1.29 is 0 Å². The zero-order chi connectivity index (χ0) is 13.5. The van der Waals surface area contributed by atoms with Crippen LogP contribution in [0.25, 0.3) is 0 Å². The third-order valence-electron chi connectivity index (χ3n) is 5.05. The van der Waals surface area contributed by atoms with E-state index in [2.05, 4.69) is 43.1 Å². The molecule has 2 heterocycles. The molecule has 0 radical (unpaired) electrons. The van der Waals surface area contributed by atoms with E-state index in [4.69, 9.17) is 0 Å². The van der Waals surface area contributed by atoms with Gasteiger partial charge in [-0.05, 0) is 69.7 Å². The van der Waals surface area contributed by atoms with Crippen molar-refractivity contribution in [2.24, 2.45) is 5.41 Å². The molecule has 19 heavy (non-hydrogen) atoms. The van der Waals surface area contributed by atoms with Crippen molar-refractivity contribution in [2.45, 2.75) is 40.0 Å². The number of anilines is 1. The van der Waals surface area contributed by atoms with Gasteiger partial charge in [-0.15, -0.1) is 0 Å². The maximum Gasteiger partial charge on any atom is 0.0426 e. The summed E-state index contributed by atoms with van der Waals surface area (Å²) in [5.41, 5.74) is 6.37. The molecule has 2 saturated heterocycles. The standard InChI is InChI=1S/C17H26N2/c1-13-10-14(2)16(15(3)11-13)19-9-6-17(12-19)4-7-18-8-5-17/h10-11,18H,4-9,12H2,1-3H3. The Kier molecular flexibility index (Phi) is 3.30.